The highest BCUT2D eigenvalue weighted by Gasteiger charge is 2.12. The minimum atomic E-state index is 0.432. The van der Waals surface area contributed by atoms with Gasteiger partial charge in [-0.25, -0.2) is 0 Å². The minimum absolute atomic E-state index is 0.432. The fourth-order valence-corrected chi connectivity index (χ4v) is 2.11. The van der Waals surface area contributed by atoms with Crippen molar-refractivity contribution in [2.75, 3.05) is 19.0 Å². The first-order valence-corrected chi connectivity index (χ1v) is 6.50. The van der Waals surface area contributed by atoms with E-state index in [0.717, 1.165) is 10.0 Å². The van der Waals surface area contributed by atoms with E-state index < -0.39 is 0 Å². The van der Waals surface area contributed by atoms with Gasteiger partial charge < -0.3 is 14.8 Å². The lowest BCUT2D eigenvalue weighted by atomic mass is 10.2. The molecule has 0 saturated heterocycles. The maximum absolute atomic E-state index is 5.63. The summed E-state index contributed by atoms with van der Waals surface area (Å²) in [5.41, 5.74) is 0.942. The third kappa shape index (κ3) is 3.34. The number of H-pyrrole nitrogens is 1. The molecule has 0 amide bonds. The summed E-state index contributed by atoms with van der Waals surface area (Å²) in [5, 5.41) is 16.6. The third-order valence-electron chi connectivity index (χ3n) is 2.39. The molecule has 0 radical (unpaired) electrons. The SMILES string of the molecule is CCOc1c(CNc2nn[nH]n2)cc(Br)cc1OC. The van der Waals surface area contributed by atoms with Crippen molar-refractivity contribution >= 4 is 21.9 Å². The van der Waals surface area contributed by atoms with E-state index in [0.29, 0.717) is 30.6 Å². The maximum Gasteiger partial charge on any atom is 0.263 e. The summed E-state index contributed by atoms with van der Waals surface area (Å²) < 4.78 is 11.9. The lowest BCUT2D eigenvalue weighted by molar-refractivity contribution is 0.308. The Bertz CT molecular complexity index is 532. The smallest absolute Gasteiger partial charge is 0.263 e. The average molecular weight is 328 g/mol. The zero-order valence-corrected chi connectivity index (χ0v) is 12.2. The molecule has 0 bridgehead atoms. The number of methoxy groups -OCH3 is 1. The molecular formula is C11H14BrN5O2. The van der Waals surface area contributed by atoms with Crippen LogP contribution in [0.4, 0.5) is 5.95 Å². The van der Waals surface area contributed by atoms with Crippen LogP contribution in [0.15, 0.2) is 16.6 Å². The summed E-state index contributed by atoms with van der Waals surface area (Å²) in [6.45, 7) is 3.00. The highest BCUT2D eigenvalue weighted by Crippen LogP contribution is 2.35. The molecule has 0 aliphatic heterocycles. The topological polar surface area (TPSA) is 85.0 Å². The lowest BCUT2D eigenvalue weighted by Crippen LogP contribution is -2.06. The fourth-order valence-electron chi connectivity index (χ4n) is 1.62. The van der Waals surface area contributed by atoms with Gasteiger partial charge in [0.05, 0.1) is 13.7 Å². The van der Waals surface area contributed by atoms with Crippen molar-refractivity contribution in [3.05, 3.63) is 22.2 Å². The zero-order chi connectivity index (χ0) is 13.7. The van der Waals surface area contributed by atoms with Gasteiger partial charge in [-0.2, -0.15) is 5.21 Å². The van der Waals surface area contributed by atoms with E-state index in [1.807, 2.05) is 19.1 Å². The van der Waals surface area contributed by atoms with Crippen LogP contribution in [0.5, 0.6) is 11.5 Å². The van der Waals surface area contributed by atoms with Crippen LogP contribution in [0, 0.1) is 0 Å². The number of aromatic amines is 1. The van der Waals surface area contributed by atoms with Crippen LogP contribution in [0.2, 0.25) is 0 Å². The normalized spacial score (nSPS) is 10.3. The van der Waals surface area contributed by atoms with Gasteiger partial charge in [0.1, 0.15) is 0 Å². The highest BCUT2D eigenvalue weighted by molar-refractivity contribution is 9.10. The number of halogens is 1. The van der Waals surface area contributed by atoms with Crippen LogP contribution in [0.25, 0.3) is 0 Å². The molecule has 0 aliphatic carbocycles. The maximum atomic E-state index is 5.63. The van der Waals surface area contributed by atoms with Crippen molar-refractivity contribution in [1.82, 2.24) is 20.6 Å². The number of hydrogen-bond donors (Lipinski definition) is 2. The molecule has 0 unspecified atom stereocenters. The Morgan fingerprint density at radius 2 is 2.26 bits per heavy atom. The lowest BCUT2D eigenvalue weighted by Gasteiger charge is -2.15. The number of rotatable bonds is 6. The number of tetrazole rings is 1. The average Bonchev–Trinajstić information content (AvgIpc) is 2.91. The Hall–Kier alpha value is -1.83. The van der Waals surface area contributed by atoms with Crippen molar-refractivity contribution in [3.63, 3.8) is 0 Å². The molecule has 0 spiro atoms. The quantitative estimate of drug-likeness (QED) is 0.843. The number of benzene rings is 1. The molecule has 2 N–H and O–H groups in total. The molecule has 0 saturated carbocycles. The third-order valence-corrected chi connectivity index (χ3v) is 2.85. The summed E-state index contributed by atoms with van der Waals surface area (Å²) in [6.07, 6.45) is 0. The number of anilines is 1. The molecule has 2 aromatic rings. The van der Waals surface area contributed by atoms with Crippen LogP contribution in [0.3, 0.4) is 0 Å². The molecule has 0 atom stereocenters. The van der Waals surface area contributed by atoms with Gasteiger partial charge in [-0.3, -0.25) is 0 Å². The Balaban J connectivity index is 2.23. The van der Waals surface area contributed by atoms with Gasteiger partial charge >= 0.3 is 0 Å². The van der Waals surface area contributed by atoms with Crippen LogP contribution in [-0.4, -0.2) is 34.3 Å². The molecule has 8 heteroatoms. The van der Waals surface area contributed by atoms with Crippen LogP contribution in [-0.2, 0) is 6.54 Å². The Morgan fingerprint density at radius 3 is 2.89 bits per heavy atom. The predicted octanol–water partition coefficient (Wildman–Crippen LogP) is 1.98. The second kappa shape index (κ2) is 6.37. The van der Waals surface area contributed by atoms with Crippen molar-refractivity contribution in [2.45, 2.75) is 13.5 Å². The van der Waals surface area contributed by atoms with E-state index >= 15 is 0 Å². The number of hydrogen-bond acceptors (Lipinski definition) is 6. The molecular weight excluding hydrogens is 314 g/mol. The summed E-state index contributed by atoms with van der Waals surface area (Å²) >= 11 is 3.44. The summed E-state index contributed by atoms with van der Waals surface area (Å²) in [5.74, 6) is 1.83. The standard InChI is InChI=1S/C11H14BrN5O2/c1-3-19-10-7(4-8(12)5-9(10)18-2)6-13-11-14-16-17-15-11/h4-5H,3,6H2,1-2H3,(H2,13,14,15,16,17). The molecule has 2 rings (SSSR count). The summed E-state index contributed by atoms with van der Waals surface area (Å²) in [4.78, 5) is 0. The Morgan fingerprint density at radius 1 is 1.42 bits per heavy atom. The molecule has 0 fully saturated rings. The van der Waals surface area contributed by atoms with E-state index in [4.69, 9.17) is 9.47 Å². The van der Waals surface area contributed by atoms with Gasteiger partial charge in [-0.1, -0.05) is 21.0 Å². The largest absolute Gasteiger partial charge is 0.493 e. The number of nitrogens with zero attached hydrogens (tertiary/aromatic N) is 3. The molecule has 1 aromatic heterocycles. The van der Waals surface area contributed by atoms with Crippen LogP contribution >= 0.6 is 15.9 Å². The fraction of sp³-hybridized carbons (Fsp3) is 0.364. The second-order valence-corrected chi connectivity index (χ2v) is 4.53. The predicted molar refractivity (Wildman–Crippen MR) is 73.4 cm³/mol. The Kier molecular flexibility index (Phi) is 4.56. The minimum Gasteiger partial charge on any atom is -0.493 e. The molecule has 1 heterocycles. The number of ether oxygens (including phenoxy) is 2. The molecule has 1 aromatic carbocycles. The number of nitrogens with one attached hydrogen (secondary N) is 2. The molecule has 7 nitrogen and oxygen atoms in total. The molecule has 19 heavy (non-hydrogen) atoms. The highest BCUT2D eigenvalue weighted by atomic mass is 79.9. The van der Waals surface area contributed by atoms with Crippen LogP contribution in [0.1, 0.15) is 12.5 Å². The first-order valence-electron chi connectivity index (χ1n) is 5.71. The molecule has 0 aliphatic rings. The van der Waals surface area contributed by atoms with E-state index in [2.05, 4.69) is 41.9 Å². The number of aromatic nitrogens is 4. The summed E-state index contributed by atoms with van der Waals surface area (Å²) in [7, 11) is 1.61. The van der Waals surface area contributed by atoms with Gasteiger partial charge in [0, 0.05) is 16.6 Å². The van der Waals surface area contributed by atoms with Crippen molar-refractivity contribution in [3.8, 4) is 11.5 Å². The van der Waals surface area contributed by atoms with Crippen molar-refractivity contribution in [1.29, 1.82) is 0 Å². The van der Waals surface area contributed by atoms with E-state index in [-0.39, 0.29) is 0 Å². The van der Waals surface area contributed by atoms with Gasteiger partial charge in [0.25, 0.3) is 5.95 Å². The van der Waals surface area contributed by atoms with E-state index in [1.165, 1.54) is 0 Å². The van der Waals surface area contributed by atoms with Gasteiger partial charge in [-0.05, 0) is 24.3 Å². The van der Waals surface area contributed by atoms with E-state index in [1.54, 1.807) is 7.11 Å². The first-order chi connectivity index (χ1) is 9.24. The summed E-state index contributed by atoms with van der Waals surface area (Å²) in [6, 6.07) is 3.82. The van der Waals surface area contributed by atoms with Gasteiger partial charge in [-0.15, -0.1) is 5.10 Å². The van der Waals surface area contributed by atoms with Gasteiger partial charge in [0.15, 0.2) is 11.5 Å². The van der Waals surface area contributed by atoms with E-state index in [9.17, 15) is 0 Å². The zero-order valence-electron chi connectivity index (χ0n) is 10.6. The first kappa shape index (κ1) is 13.6. The second-order valence-electron chi connectivity index (χ2n) is 3.62. The van der Waals surface area contributed by atoms with Crippen molar-refractivity contribution < 1.29 is 9.47 Å². The Labute approximate surface area is 118 Å². The monoisotopic (exact) mass is 327 g/mol. The molecule has 102 valence electrons. The van der Waals surface area contributed by atoms with Gasteiger partial charge in [0.2, 0.25) is 0 Å². The van der Waals surface area contributed by atoms with Crippen LogP contribution < -0.4 is 14.8 Å². The van der Waals surface area contributed by atoms with Crippen molar-refractivity contribution in [2.24, 2.45) is 0 Å².